The van der Waals surface area contributed by atoms with Crippen LogP contribution in [-0.2, 0) is 9.53 Å². The van der Waals surface area contributed by atoms with Gasteiger partial charge in [0.2, 0.25) is 0 Å². The number of methoxy groups -OCH3 is 1. The molecule has 1 aromatic rings. The minimum atomic E-state index is -0.573. The number of nitrogens with zero attached hydrogens (tertiary/aromatic N) is 1. The van der Waals surface area contributed by atoms with Crippen LogP contribution in [0.1, 0.15) is 24.5 Å². The summed E-state index contributed by atoms with van der Waals surface area (Å²) < 4.78 is 5.31. The molecule has 1 fully saturated rings. The fourth-order valence-corrected chi connectivity index (χ4v) is 2.33. The fraction of sp³-hybridized carbons (Fsp3) is 0.500. The lowest BCUT2D eigenvalue weighted by atomic mass is 10.0. The summed E-state index contributed by atoms with van der Waals surface area (Å²) in [6.45, 7) is 1.11. The van der Waals surface area contributed by atoms with Crippen molar-refractivity contribution in [2.75, 3.05) is 20.2 Å². The number of likely N-dealkylation sites (tertiary alicyclic amines) is 1. The number of piperidine rings is 1. The maximum atomic E-state index is 12.4. The van der Waals surface area contributed by atoms with E-state index in [9.17, 15) is 9.90 Å². The highest BCUT2D eigenvalue weighted by Crippen LogP contribution is 2.21. The van der Waals surface area contributed by atoms with E-state index in [-0.39, 0.29) is 5.91 Å². The van der Waals surface area contributed by atoms with Crippen molar-refractivity contribution < 1.29 is 14.6 Å². The average molecular weight is 249 g/mol. The summed E-state index contributed by atoms with van der Waals surface area (Å²) >= 11 is 0. The number of β-amino-alcohol motifs (C(OH)–C–C–N with tert-alkyl or cyclic N) is 1. The highest BCUT2D eigenvalue weighted by molar-refractivity contribution is 5.82. The summed E-state index contributed by atoms with van der Waals surface area (Å²) in [5.74, 6) is -0.0672. The maximum absolute atomic E-state index is 12.4. The predicted molar refractivity (Wildman–Crippen MR) is 68.0 cm³/mol. The van der Waals surface area contributed by atoms with E-state index >= 15 is 0 Å². The van der Waals surface area contributed by atoms with Crippen LogP contribution >= 0.6 is 0 Å². The lowest BCUT2D eigenvalue weighted by molar-refractivity contribution is -0.145. The molecule has 0 bridgehead atoms. The van der Waals surface area contributed by atoms with Gasteiger partial charge in [0, 0.05) is 20.2 Å². The van der Waals surface area contributed by atoms with Crippen LogP contribution in [-0.4, -0.2) is 42.2 Å². The van der Waals surface area contributed by atoms with Crippen LogP contribution in [0.3, 0.4) is 0 Å². The summed E-state index contributed by atoms with van der Waals surface area (Å²) in [4.78, 5) is 14.1. The standard InChI is InChI=1S/C14H19NO3/c1-18-13(11-6-3-2-4-7-11)14(17)15-9-5-8-12(16)10-15/h2-4,6-7,12-13,16H,5,8-10H2,1H3/t12-,13?/m0/s1. The van der Waals surface area contributed by atoms with Crippen molar-refractivity contribution in [1.82, 2.24) is 4.90 Å². The second-order valence-electron chi connectivity index (χ2n) is 4.61. The molecule has 18 heavy (non-hydrogen) atoms. The molecule has 1 N–H and O–H groups in total. The van der Waals surface area contributed by atoms with Crippen LogP contribution in [0.2, 0.25) is 0 Å². The predicted octanol–water partition coefficient (Wildman–Crippen LogP) is 1.36. The molecule has 98 valence electrons. The fourth-order valence-electron chi connectivity index (χ4n) is 2.33. The first kappa shape index (κ1) is 13.1. The molecular weight excluding hydrogens is 230 g/mol. The van der Waals surface area contributed by atoms with E-state index in [1.54, 1.807) is 4.90 Å². The number of hydrogen-bond acceptors (Lipinski definition) is 3. The smallest absolute Gasteiger partial charge is 0.256 e. The van der Waals surface area contributed by atoms with Crippen LogP contribution in [0.15, 0.2) is 30.3 Å². The van der Waals surface area contributed by atoms with E-state index in [4.69, 9.17) is 4.74 Å². The third-order valence-electron chi connectivity index (χ3n) is 3.27. The molecule has 0 spiro atoms. The Morgan fingerprint density at radius 2 is 2.17 bits per heavy atom. The minimum absolute atomic E-state index is 0.0672. The molecule has 0 aliphatic carbocycles. The first-order valence-electron chi connectivity index (χ1n) is 6.27. The van der Waals surface area contributed by atoms with Crippen molar-refractivity contribution in [1.29, 1.82) is 0 Å². The van der Waals surface area contributed by atoms with Gasteiger partial charge in [-0.05, 0) is 18.4 Å². The highest BCUT2D eigenvalue weighted by Gasteiger charge is 2.29. The molecule has 1 aliphatic heterocycles. The SMILES string of the molecule is COC(C(=O)N1CCC[C@H](O)C1)c1ccccc1. The second-order valence-corrected chi connectivity index (χ2v) is 4.61. The van der Waals surface area contributed by atoms with Gasteiger partial charge in [-0.15, -0.1) is 0 Å². The molecule has 1 unspecified atom stereocenters. The number of aliphatic hydroxyl groups is 1. The van der Waals surface area contributed by atoms with Gasteiger partial charge in [0.15, 0.2) is 6.10 Å². The number of amides is 1. The van der Waals surface area contributed by atoms with E-state index in [1.807, 2.05) is 30.3 Å². The van der Waals surface area contributed by atoms with E-state index < -0.39 is 12.2 Å². The lowest BCUT2D eigenvalue weighted by Crippen LogP contribution is -2.44. The monoisotopic (exact) mass is 249 g/mol. The molecule has 1 aromatic carbocycles. The van der Waals surface area contributed by atoms with Gasteiger partial charge in [-0.1, -0.05) is 30.3 Å². The summed E-state index contributed by atoms with van der Waals surface area (Å²) in [7, 11) is 1.54. The molecule has 1 amide bonds. The molecule has 4 heteroatoms. The highest BCUT2D eigenvalue weighted by atomic mass is 16.5. The zero-order valence-corrected chi connectivity index (χ0v) is 10.6. The lowest BCUT2D eigenvalue weighted by Gasteiger charge is -2.32. The number of carbonyl (C=O) groups excluding carboxylic acids is 1. The maximum Gasteiger partial charge on any atom is 0.256 e. The Morgan fingerprint density at radius 3 is 2.78 bits per heavy atom. The number of hydrogen-bond donors (Lipinski definition) is 1. The van der Waals surface area contributed by atoms with E-state index in [1.165, 1.54) is 7.11 Å². The molecule has 0 saturated carbocycles. The van der Waals surface area contributed by atoms with Gasteiger partial charge >= 0.3 is 0 Å². The first-order valence-corrected chi connectivity index (χ1v) is 6.27. The molecule has 0 radical (unpaired) electrons. The van der Waals surface area contributed by atoms with E-state index in [2.05, 4.69) is 0 Å². The summed E-state index contributed by atoms with van der Waals surface area (Å²) in [5, 5.41) is 9.62. The molecule has 1 heterocycles. The molecule has 2 rings (SSSR count). The van der Waals surface area contributed by atoms with Crippen molar-refractivity contribution >= 4 is 5.91 Å². The number of ether oxygens (including phenoxy) is 1. The van der Waals surface area contributed by atoms with Crippen molar-refractivity contribution in [2.24, 2.45) is 0 Å². The topological polar surface area (TPSA) is 49.8 Å². The van der Waals surface area contributed by atoms with Crippen molar-refractivity contribution in [3.8, 4) is 0 Å². The normalized spacial score (nSPS) is 21.7. The third-order valence-corrected chi connectivity index (χ3v) is 3.27. The van der Waals surface area contributed by atoms with Gasteiger partial charge < -0.3 is 14.7 Å². The molecule has 1 saturated heterocycles. The Bertz CT molecular complexity index is 393. The van der Waals surface area contributed by atoms with Crippen molar-refractivity contribution in [3.63, 3.8) is 0 Å². The number of aliphatic hydroxyl groups excluding tert-OH is 1. The Morgan fingerprint density at radius 1 is 1.44 bits per heavy atom. The van der Waals surface area contributed by atoms with Gasteiger partial charge in [0.25, 0.3) is 5.91 Å². The average Bonchev–Trinajstić information content (AvgIpc) is 2.41. The van der Waals surface area contributed by atoms with Crippen molar-refractivity contribution in [3.05, 3.63) is 35.9 Å². The van der Waals surface area contributed by atoms with Crippen molar-refractivity contribution in [2.45, 2.75) is 25.0 Å². The quantitative estimate of drug-likeness (QED) is 0.880. The Balaban J connectivity index is 2.10. The van der Waals surface area contributed by atoms with Gasteiger partial charge in [0.05, 0.1) is 6.10 Å². The molecule has 2 atom stereocenters. The minimum Gasteiger partial charge on any atom is -0.391 e. The number of benzene rings is 1. The molecule has 4 nitrogen and oxygen atoms in total. The zero-order chi connectivity index (χ0) is 13.0. The summed E-state index contributed by atoms with van der Waals surface area (Å²) in [5.41, 5.74) is 0.852. The summed E-state index contributed by atoms with van der Waals surface area (Å²) in [6, 6.07) is 9.45. The number of carbonyl (C=O) groups is 1. The van der Waals surface area contributed by atoms with Gasteiger partial charge in [-0.2, -0.15) is 0 Å². The van der Waals surface area contributed by atoms with Crippen LogP contribution in [0, 0.1) is 0 Å². The van der Waals surface area contributed by atoms with E-state index in [0.717, 1.165) is 18.4 Å². The number of rotatable bonds is 3. The van der Waals surface area contributed by atoms with Gasteiger partial charge in [-0.3, -0.25) is 4.79 Å². The van der Waals surface area contributed by atoms with Crippen LogP contribution in [0.5, 0.6) is 0 Å². The van der Waals surface area contributed by atoms with Gasteiger partial charge in [0.1, 0.15) is 0 Å². The van der Waals surface area contributed by atoms with Crippen LogP contribution in [0.4, 0.5) is 0 Å². The first-order chi connectivity index (χ1) is 8.72. The molecule has 1 aliphatic rings. The van der Waals surface area contributed by atoms with Gasteiger partial charge in [-0.25, -0.2) is 0 Å². The third kappa shape index (κ3) is 2.89. The molecule has 0 aromatic heterocycles. The van der Waals surface area contributed by atoms with E-state index in [0.29, 0.717) is 13.1 Å². The van der Waals surface area contributed by atoms with Crippen LogP contribution < -0.4 is 0 Å². The Kier molecular flexibility index (Phi) is 4.33. The zero-order valence-electron chi connectivity index (χ0n) is 10.6. The second kappa shape index (κ2) is 5.98. The largest absolute Gasteiger partial charge is 0.391 e. The summed E-state index contributed by atoms with van der Waals surface area (Å²) in [6.07, 6.45) is 0.637. The van der Waals surface area contributed by atoms with Crippen LogP contribution in [0.25, 0.3) is 0 Å². The Hall–Kier alpha value is -1.39. The molecular formula is C14H19NO3. The Labute approximate surface area is 107 Å².